The number of rotatable bonds is 15. The van der Waals surface area contributed by atoms with Gasteiger partial charge in [0.05, 0.1) is 6.61 Å². The van der Waals surface area contributed by atoms with Crippen molar-refractivity contribution in [2.24, 2.45) is 0 Å². The summed E-state index contributed by atoms with van der Waals surface area (Å²) in [7, 11) is 2.10. The molecule has 2 rings (SSSR count). The monoisotopic (exact) mass is 452 g/mol. The zero-order chi connectivity index (χ0) is 23.9. The number of aromatic hydroxyl groups is 1. The molecule has 2 aromatic carbocycles. The van der Waals surface area contributed by atoms with E-state index in [4.69, 9.17) is 4.74 Å². The minimum absolute atomic E-state index is 0.117. The van der Waals surface area contributed by atoms with Crippen molar-refractivity contribution in [3.05, 3.63) is 59.7 Å². The van der Waals surface area contributed by atoms with Crippen LogP contribution in [0.2, 0.25) is 0 Å². The van der Waals surface area contributed by atoms with Gasteiger partial charge in [0, 0.05) is 38.0 Å². The molecule has 0 aliphatic rings. The van der Waals surface area contributed by atoms with Crippen LogP contribution in [0.5, 0.6) is 11.5 Å². The first-order valence-corrected chi connectivity index (χ1v) is 12.2. The number of phenols is 1. The van der Waals surface area contributed by atoms with Crippen LogP contribution in [0.3, 0.4) is 0 Å². The van der Waals surface area contributed by atoms with Crippen molar-refractivity contribution in [2.75, 3.05) is 31.6 Å². The Labute approximate surface area is 199 Å². The maximum Gasteiger partial charge on any atom is 0.244 e. The van der Waals surface area contributed by atoms with Crippen molar-refractivity contribution < 1.29 is 14.6 Å². The van der Waals surface area contributed by atoms with Crippen molar-refractivity contribution in [3.63, 3.8) is 0 Å². The Morgan fingerprint density at radius 2 is 1.76 bits per heavy atom. The summed E-state index contributed by atoms with van der Waals surface area (Å²) in [6, 6.07) is 13.1. The second kappa shape index (κ2) is 15.0. The van der Waals surface area contributed by atoms with E-state index in [1.807, 2.05) is 30.3 Å². The minimum atomic E-state index is -0.117. The Bertz CT molecular complexity index is 862. The van der Waals surface area contributed by atoms with Gasteiger partial charge in [0.1, 0.15) is 11.5 Å². The predicted molar refractivity (Wildman–Crippen MR) is 138 cm³/mol. The molecule has 1 amide bonds. The van der Waals surface area contributed by atoms with E-state index < -0.39 is 0 Å². The van der Waals surface area contributed by atoms with Gasteiger partial charge < -0.3 is 20.1 Å². The molecule has 180 valence electrons. The van der Waals surface area contributed by atoms with Gasteiger partial charge in [-0.3, -0.25) is 4.79 Å². The van der Waals surface area contributed by atoms with Gasteiger partial charge in [0.2, 0.25) is 5.91 Å². The van der Waals surface area contributed by atoms with E-state index in [-0.39, 0.29) is 11.7 Å². The summed E-state index contributed by atoms with van der Waals surface area (Å²) in [5.74, 6) is 1.01. The Morgan fingerprint density at radius 3 is 2.48 bits per heavy atom. The van der Waals surface area contributed by atoms with E-state index in [0.29, 0.717) is 6.54 Å². The fourth-order valence-corrected chi connectivity index (χ4v) is 3.56. The Balaban J connectivity index is 1.99. The van der Waals surface area contributed by atoms with Crippen LogP contribution >= 0.6 is 0 Å². The maximum absolute atomic E-state index is 12.3. The quantitative estimate of drug-likeness (QED) is 0.259. The highest BCUT2D eigenvalue weighted by atomic mass is 16.5. The number of nitrogens with one attached hydrogen (secondary N) is 1. The predicted octanol–water partition coefficient (Wildman–Crippen LogP) is 5.96. The van der Waals surface area contributed by atoms with Crippen molar-refractivity contribution in [2.45, 2.75) is 58.8 Å². The Hall–Kier alpha value is -2.95. The van der Waals surface area contributed by atoms with Gasteiger partial charge in [-0.15, -0.1) is 0 Å². The highest BCUT2D eigenvalue weighted by Gasteiger charge is 2.09. The second-order valence-electron chi connectivity index (χ2n) is 8.45. The fourth-order valence-electron chi connectivity index (χ4n) is 3.56. The molecule has 0 saturated heterocycles. The Morgan fingerprint density at radius 1 is 1.03 bits per heavy atom. The highest BCUT2D eigenvalue weighted by molar-refractivity contribution is 5.92. The molecular formula is C28H40N2O3. The number of phenolic OH excluding ortho intramolecular Hbond substituents is 1. The lowest BCUT2D eigenvalue weighted by Gasteiger charge is -2.22. The summed E-state index contributed by atoms with van der Waals surface area (Å²) >= 11 is 0. The molecule has 0 spiro atoms. The van der Waals surface area contributed by atoms with Crippen molar-refractivity contribution in [1.82, 2.24) is 5.32 Å². The summed E-state index contributed by atoms with van der Waals surface area (Å²) in [6.45, 7) is 6.63. The third-order valence-electron chi connectivity index (χ3n) is 5.59. The standard InChI is InChI=1S/C28H40N2O3/c1-4-6-8-20-30(3)27-22-26(33-21-9-7-5-2)16-12-24(27)13-17-28(32)29-19-18-23-10-14-25(31)15-11-23/h10-17,22,31H,4-9,18-21H2,1-3H3,(H,29,32)/b17-13+. The lowest BCUT2D eigenvalue weighted by atomic mass is 10.1. The highest BCUT2D eigenvalue weighted by Crippen LogP contribution is 2.27. The van der Waals surface area contributed by atoms with Gasteiger partial charge in [-0.05, 0) is 60.7 Å². The first-order chi connectivity index (χ1) is 16.0. The van der Waals surface area contributed by atoms with Gasteiger partial charge in [-0.25, -0.2) is 0 Å². The first-order valence-electron chi connectivity index (χ1n) is 12.2. The molecule has 0 fully saturated rings. The summed E-state index contributed by atoms with van der Waals surface area (Å²) < 4.78 is 5.96. The first kappa shape index (κ1) is 26.3. The van der Waals surface area contributed by atoms with Crippen LogP contribution in [0.1, 0.15) is 63.5 Å². The molecule has 0 bridgehead atoms. The molecule has 0 saturated carbocycles. The molecular weight excluding hydrogens is 412 g/mol. The van der Waals surface area contributed by atoms with E-state index in [1.54, 1.807) is 18.2 Å². The van der Waals surface area contributed by atoms with Crippen LogP contribution < -0.4 is 15.0 Å². The Kier molecular flexibility index (Phi) is 11.9. The maximum atomic E-state index is 12.3. The number of nitrogens with zero attached hydrogens (tertiary/aromatic N) is 1. The average molecular weight is 453 g/mol. The summed E-state index contributed by atoms with van der Waals surface area (Å²) in [6.07, 6.45) is 11.1. The third kappa shape index (κ3) is 10.0. The number of carbonyl (C=O) groups is 1. The van der Waals surface area contributed by atoms with E-state index in [2.05, 4.69) is 37.2 Å². The topological polar surface area (TPSA) is 61.8 Å². The van der Waals surface area contributed by atoms with E-state index in [1.165, 1.54) is 25.7 Å². The lowest BCUT2D eigenvalue weighted by molar-refractivity contribution is -0.116. The van der Waals surface area contributed by atoms with Gasteiger partial charge in [0.25, 0.3) is 0 Å². The summed E-state index contributed by atoms with van der Waals surface area (Å²) in [5, 5.41) is 12.3. The van der Waals surface area contributed by atoms with Crippen molar-refractivity contribution in [3.8, 4) is 11.5 Å². The number of anilines is 1. The number of amides is 1. The number of hydrogen-bond acceptors (Lipinski definition) is 4. The molecule has 0 heterocycles. The molecule has 5 heteroatoms. The number of unbranched alkanes of at least 4 members (excludes halogenated alkanes) is 4. The van der Waals surface area contributed by atoms with Crippen LogP contribution in [0, 0.1) is 0 Å². The van der Waals surface area contributed by atoms with Crippen LogP contribution in [0.15, 0.2) is 48.5 Å². The van der Waals surface area contributed by atoms with Gasteiger partial charge in [0.15, 0.2) is 0 Å². The summed E-state index contributed by atoms with van der Waals surface area (Å²) in [5.41, 5.74) is 3.15. The smallest absolute Gasteiger partial charge is 0.244 e. The molecule has 2 N–H and O–H groups in total. The molecule has 33 heavy (non-hydrogen) atoms. The average Bonchev–Trinajstić information content (AvgIpc) is 2.82. The molecule has 0 unspecified atom stereocenters. The van der Waals surface area contributed by atoms with Gasteiger partial charge in [-0.1, -0.05) is 51.7 Å². The van der Waals surface area contributed by atoms with Crippen molar-refractivity contribution >= 4 is 17.7 Å². The van der Waals surface area contributed by atoms with Crippen LogP contribution in [-0.2, 0) is 11.2 Å². The third-order valence-corrected chi connectivity index (χ3v) is 5.59. The number of ether oxygens (including phenoxy) is 1. The molecule has 0 aromatic heterocycles. The normalized spacial score (nSPS) is 11.0. The van der Waals surface area contributed by atoms with Gasteiger partial charge in [-0.2, -0.15) is 0 Å². The van der Waals surface area contributed by atoms with Crippen LogP contribution in [0.4, 0.5) is 5.69 Å². The van der Waals surface area contributed by atoms with E-state index >= 15 is 0 Å². The van der Waals surface area contributed by atoms with Crippen LogP contribution in [0.25, 0.3) is 6.08 Å². The summed E-state index contributed by atoms with van der Waals surface area (Å²) in [4.78, 5) is 14.6. The largest absolute Gasteiger partial charge is 0.508 e. The number of benzene rings is 2. The lowest BCUT2D eigenvalue weighted by Crippen LogP contribution is -2.23. The SMILES string of the molecule is CCCCCOc1ccc(/C=C/C(=O)NCCc2ccc(O)cc2)c(N(C)CCCCC)c1. The molecule has 0 radical (unpaired) electrons. The van der Waals surface area contributed by atoms with E-state index in [0.717, 1.165) is 55.0 Å². The van der Waals surface area contributed by atoms with Crippen molar-refractivity contribution in [1.29, 1.82) is 0 Å². The molecule has 0 aliphatic carbocycles. The van der Waals surface area contributed by atoms with Crippen LogP contribution in [-0.4, -0.2) is 37.8 Å². The van der Waals surface area contributed by atoms with Gasteiger partial charge >= 0.3 is 0 Å². The zero-order valence-electron chi connectivity index (χ0n) is 20.5. The molecule has 5 nitrogen and oxygen atoms in total. The number of hydrogen-bond donors (Lipinski definition) is 2. The minimum Gasteiger partial charge on any atom is -0.508 e. The molecule has 0 aliphatic heterocycles. The number of carbonyl (C=O) groups excluding carboxylic acids is 1. The fraction of sp³-hybridized carbons (Fsp3) is 0.464. The second-order valence-corrected chi connectivity index (χ2v) is 8.45. The van der Waals surface area contributed by atoms with E-state index in [9.17, 15) is 9.90 Å². The molecule has 0 atom stereocenters. The zero-order valence-corrected chi connectivity index (χ0v) is 20.5. The molecule has 2 aromatic rings.